The molecule has 0 saturated carbocycles. The molecule has 1 aromatic heterocycles. The first-order chi connectivity index (χ1) is 9.08. The van der Waals surface area contributed by atoms with Crippen LogP contribution in [0.5, 0.6) is 0 Å². The van der Waals surface area contributed by atoms with E-state index in [9.17, 15) is 0 Å². The zero-order valence-electron chi connectivity index (χ0n) is 11.1. The van der Waals surface area contributed by atoms with E-state index >= 15 is 0 Å². The highest BCUT2D eigenvalue weighted by molar-refractivity contribution is 7.80. The minimum Gasteiger partial charge on any atom is -0.389 e. The van der Waals surface area contributed by atoms with Crippen LogP contribution in [-0.4, -0.2) is 9.97 Å². The molecule has 1 aromatic carbocycles. The first-order valence-corrected chi connectivity index (χ1v) is 6.56. The van der Waals surface area contributed by atoms with Gasteiger partial charge in [0, 0.05) is 17.4 Å². The standard InChI is InChI=1S/C15H17N3S/c1-10-6-7-12(15(16)19)14(9-10)18-11(2)13-5-3-4-8-17-13/h3-9,11,18H,1-2H3,(H2,16,19). The maximum absolute atomic E-state index is 5.75. The van der Waals surface area contributed by atoms with Gasteiger partial charge in [0.2, 0.25) is 0 Å². The number of nitrogens with two attached hydrogens (primary N) is 1. The van der Waals surface area contributed by atoms with Gasteiger partial charge in [-0.1, -0.05) is 24.4 Å². The molecule has 0 amide bonds. The summed E-state index contributed by atoms with van der Waals surface area (Å²) in [6.07, 6.45) is 1.79. The van der Waals surface area contributed by atoms with E-state index in [1.165, 1.54) is 0 Å². The molecule has 0 fully saturated rings. The quantitative estimate of drug-likeness (QED) is 0.838. The highest BCUT2D eigenvalue weighted by atomic mass is 32.1. The van der Waals surface area contributed by atoms with Gasteiger partial charge in [-0.25, -0.2) is 0 Å². The van der Waals surface area contributed by atoms with Crippen molar-refractivity contribution in [3.05, 3.63) is 59.4 Å². The van der Waals surface area contributed by atoms with E-state index in [2.05, 4.69) is 17.2 Å². The van der Waals surface area contributed by atoms with Crippen molar-refractivity contribution in [3.8, 4) is 0 Å². The molecule has 0 bridgehead atoms. The van der Waals surface area contributed by atoms with Gasteiger partial charge in [0.1, 0.15) is 4.99 Å². The van der Waals surface area contributed by atoms with Crippen molar-refractivity contribution in [2.24, 2.45) is 5.73 Å². The third-order valence-electron chi connectivity index (χ3n) is 2.94. The van der Waals surface area contributed by atoms with Gasteiger partial charge in [0.25, 0.3) is 0 Å². The topological polar surface area (TPSA) is 50.9 Å². The van der Waals surface area contributed by atoms with Gasteiger partial charge in [-0.2, -0.15) is 0 Å². The van der Waals surface area contributed by atoms with Gasteiger partial charge in [-0.15, -0.1) is 0 Å². The molecular weight excluding hydrogens is 254 g/mol. The van der Waals surface area contributed by atoms with Crippen molar-refractivity contribution in [3.63, 3.8) is 0 Å². The predicted octanol–water partition coefficient (Wildman–Crippen LogP) is 3.20. The second-order valence-electron chi connectivity index (χ2n) is 4.53. The normalized spacial score (nSPS) is 11.9. The van der Waals surface area contributed by atoms with E-state index in [0.717, 1.165) is 22.5 Å². The first kappa shape index (κ1) is 13.5. The molecule has 19 heavy (non-hydrogen) atoms. The second kappa shape index (κ2) is 5.80. The third kappa shape index (κ3) is 3.29. The summed E-state index contributed by atoms with van der Waals surface area (Å²) in [7, 11) is 0. The van der Waals surface area contributed by atoms with Crippen LogP contribution in [0.25, 0.3) is 0 Å². The van der Waals surface area contributed by atoms with Gasteiger partial charge in [0.15, 0.2) is 0 Å². The van der Waals surface area contributed by atoms with E-state index in [1.807, 2.05) is 43.3 Å². The fourth-order valence-corrected chi connectivity index (χ4v) is 2.11. The third-order valence-corrected chi connectivity index (χ3v) is 3.16. The highest BCUT2D eigenvalue weighted by Crippen LogP contribution is 2.22. The molecule has 4 heteroatoms. The Morgan fingerprint density at radius 1 is 1.32 bits per heavy atom. The second-order valence-corrected chi connectivity index (χ2v) is 4.97. The molecule has 98 valence electrons. The molecule has 3 nitrogen and oxygen atoms in total. The van der Waals surface area contributed by atoms with E-state index in [1.54, 1.807) is 6.20 Å². The number of hydrogen-bond donors (Lipinski definition) is 2. The zero-order valence-corrected chi connectivity index (χ0v) is 11.9. The average Bonchev–Trinajstić information content (AvgIpc) is 2.39. The van der Waals surface area contributed by atoms with Crippen molar-refractivity contribution in [2.75, 3.05) is 5.32 Å². The molecule has 0 aliphatic carbocycles. The molecule has 0 radical (unpaired) electrons. The Kier molecular flexibility index (Phi) is 4.12. The van der Waals surface area contributed by atoms with Crippen molar-refractivity contribution in [1.29, 1.82) is 0 Å². The summed E-state index contributed by atoms with van der Waals surface area (Å²) in [5.74, 6) is 0. The molecule has 0 aliphatic rings. The smallest absolute Gasteiger partial charge is 0.106 e. The van der Waals surface area contributed by atoms with E-state index in [4.69, 9.17) is 18.0 Å². The van der Waals surface area contributed by atoms with Crippen LogP contribution >= 0.6 is 12.2 Å². The number of hydrogen-bond acceptors (Lipinski definition) is 3. The lowest BCUT2D eigenvalue weighted by atomic mass is 10.1. The van der Waals surface area contributed by atoms with Crippen LogP contribution in [-0.2, 0) is 0 Å². The predicted molar refractivity (Wildman–Crippen MR) is 83.3 cm³/mol. The van der Waals surface area contributed by atoms with Gasteiger partial charge < -0.3 is 11.1 Å². The van der Waals surface area contributed by atoms with Crippen molar-refractivity contribution >= 4 is 22.9 Å². The summed E-state index contributed by atoms with van der Waals surface area (Å²) in [5.41, 5.74) is 9.72. The molecule has 1 unspecified atom stereocenters. The number of nitrogens with zero attached hydrogens (tertiary/aromatic N) is 1. The first-order valence-electron chi connectivity index (χ1n) is 6.16. The monoisotopic (exact) mass is 271 g/mol. The summed E-state index contributed by atoms with van der Waals surface area (Å²) < 4.78 is 0. The van der Waals surface area contributed by atoms with Gasteiger partial charge in [0.05, 0.1) is 11.7 Å². The number of aromatic nitrogens is 1. The van der Waals surface area contributed by atoms with E-state index in [-0.39, 0.29) is 6.04 Å². The minimum absolute atomic E-state index is 0.0936. The molecular formula is C15H17N3S. The number of thiocarbonyl (C=S) groups is 1. The zero-order chi connectivity index (χ0) is 13.8. The molecule has 3 N–H and O–H groups in total. The van der Waals surface area contributed by atoms with E-state index in [0.29, 0.717) is 4.99 Å². The summed E-state index contributed by atoms with van der Waals surface area (Å²) in [4.78, 5) is 4.74. The number of benzene rings is 1. The van der Waals surface area contributed by atoms with Crippen LogP contribution in [0.4, 0.5) is 5.69 Å². The average molecular weight is 271 g/mol. The number of aryl methyl sites for hydroxylation is 1. The van der Waals surface area contributed by atoms with Gasteiger partial charge in [-0.3, -0.25) is 4.98 Å². The Labute approximate surface area is 118 Å². The van der Waals surface area contributed by atoms with Gasteiger partial charge in [-0.05, 0) is 43.7 Å². The van der Waals surface area contributed by atoms with Crippen molar-refractivity contribution < 1.29 is 0 Å². The lowest BCUT2D eigenvalue weighted by Gasteiger charge is -2.18. The summed E-state index contributed by atoms with van der Waals surface area (Å²) >= 11 is 5.08. The Balaban J connectivity index is 2.28. The Bertz CT molecular complexity index is 581. The molecule has 1 heterocycles. The maximum Gasteiger partial charge on any atom is 0.106 e. The van der Waals surface area contributed by atoms with Crippen LogP contribution in [0, 0.1) is 6.92 Å². The SMILES string of the molecule is Cc1ccc(C(N)=S)c(NC(C)c2ccccn2)c1. The van der Waals surface area contributed by atoms with Crippen molar-refractivity contribution in [1.82, 2.24) is 4.98 Å². The van der Waals surface area contributed by atoms with Crippen LogP contribution in [0.15, 0.2) is 42.6 Å². The molecule has 2 rings (SSSR count). The number of pyridine rings is 1. The number of rotatable bonds is 4. The fourth-order valence-electron chi connectivity index (χ4n) is 1.93. The molecule has 0 spiro atoms. The molecule has 0 aliphatic heterocycles. The summed E-state index contributed by atoms with van der Waals surface area (Å²) in [6, 6.07) is 12.0. The molecule has 2 aromatic rings. The minimum atomic E-state index is 0.0936. The van der Waals surface area contributed by atoms with Crippen LogP contribution in [0.2, 0.25) is 0 Å². The largest absolute Gasteiger partial charge is 0.389 e. The van der Waals surface area contributed by atoms with E-state index < -0.39 is 0 Å². The molecule has 1 atom stereocenters. The summed E-state index contributed by atoms with van der Waals surface area (Å²) in [5, 5.41) is 3.42. The Morgan fingerprint density at radius 2 is 2.11 bits per heavy atom. The lowest BCUT2D eigenvalue weighted by molar-refractivity contribution is 0.839. The summed E-state index contributed by atoms with van der Waals surface area (Å²) in [6.45, 7) is 4.11. The Hall–Kier alpha value is -1.94. The van der Waals surface area contributed by atoms with Gasteiger partial charge >= 0.3 is 0 Å². The fraction of sp³-hybridized carbons (Fsp3) is 0.200. The van der Waals surface area contributed by atoms with Crippen LogP contribution < -0.4 is 11.1 Å². The van der Waals surface area contributed by atoms with Crippen molar-refractivity contribution in [2.45, 2.75) is 19.9 Å². The molecule has 0 saturated heterocycles. The number of anilines is 1. The van der Waals surface area contributed by atoms with Crippen LogP contribution in [0.1, 0.15) is 29.8 Å². The van der Waals surface area contributed by atoms with Crippen LogP contribution in [0.3, 0.4) is 0 Å². The lowest BCUT2D eigenvalue weighted by Crippen LogP contribution is -2.15. The highest BCUT2D eigenvalue weighted by Gasteiger charge is 2.10. The Morgan fingerprint density at radius 3 is 2.74 bits per heavy atom. The number of nitrogens with one attached hydrogen (secondary N) is 1. The maximum atomic E-state index is 5.75.